The first kappa shape index (κ1) is 22.6. The maximum Gasteiger partial charge on any atom is 0.227 e. The number of furan rings is 1. The highest BCUT2D eigenvalue weighted by Gasteiger charge is 2.15. The van der Waals surface area contributed by atoms with Gasteiger partial charge < -0.3 is 18.6 Å². The highest BCUT2D eigenvalue weighted by Crippen LogP contribution is 2.24. The van der Waals surface area contributed by atoms with Crippen LogP contribution in [0.2, 0.25) is 5.02 Å². The van der Waals surface area contributed by atoms with Gasteiger partial charge in [0, 0.05) is 36.0 Å². The van der Waals surface area contributed by atoms with Crippen LogP contribution in [0.4, 0.5) is 0 Å². The fourth-order valence-electron chi connectivity index (χ4n) is 3.30. The Bertz CT molecular complexity index is 1200. The van der Waals surface area contributed by atoms with Crippen LogP contribution in [0.25, 0.3) is 22.7 Å². The fraction of sp³-hybridized carbons (Fsp3) is 0.240. The number of amides is 1. The molecule has 0 atom stereocenters. The van der Waals surface area contributed by atoms with Crippen LogP contribution < -0.4 is 4.74 Å². The molecule has 0 bridgehead atoms. The van der Waals surface area contributed by atoms with Crippen molar-refractivity contribution in [3.8, 4) is 28.5 Å². The minimum absolute atomic E-state index is 0.0414. The molecule has 0 fully saturated rings. The molecule has 0 N–H and O–H groups in total. The summed E-state index contributed by atoms with van der Waals surface area (Å²) in [6.07, 6.45) is 0.619. The van der Waals surface area contributed by atoms with Gasteiger partial charge in [0.25, 0.3) is 0 Å². The van der Waals surface area contributed by atoms with Gasteiger partial charge in [0.2, 0.25) is 17.6 Å². The SMILES string of the molecule is CCOc1ccc(-c2noc(CCC(=O)N(C)Cc3ccc(-c4ccc(Cl)cc4)o3)n2)cc1. The minimum atomic E-state index is -0.0414. The molecule has 0 saturated carbocycles. The van der Waals surface area contributed by atoms with Gasteiger partial charge >= 0.3 is 0 Å². The van der Waals surface area contributed by atoms with Crippen LogP contribution in [-0.4, -0.2) is 34.6 Å². The summed E-state index contributed by atoms with van der Waals surface area (Å²) in [6, 6.07) is 18.6. The molecule has 170 valence electrons. The monoisotopic (exact) mass is 465 g/mol. The lowest BCUT2D eigenvalue weighted by atomic mass is 10.2. The van der Waals surface area contributed by atoms with E-state index in [4.69, 9.17) is 25.3 Å². The molecule has 0 spiro atoms. The number of carbonyl (C=O) groups is 1. The van der Waals surface area contributed by atoms with Crippen molar-refractivity contribution in [3.63, 3.8) is 0 Å². The molecule has 2 aromatic carbocycles. The van der Waals surface area contributed by atoms with Crippen molar-refractivity contribution >= 4 is 17.5 Å². The average molecular weight is 466 g/mol. The quantitative estimate of drug-likeness (QED) is 0.318. The second-order valence-electron chi connectivity index (χ2n) is 7.49. The van der Waals surface area contributed by atoms with E-state index >= 15 is 0 Å². The van der Waals surface area contributed by atoms with E-state index in [0.29, 0.717) is 42.1 Å². The first-order valence-electron chi connectivity index (χ1n) is 10.7. The first-order chi connectivity index (χ1) is 16.0. The number of aryl methyl sites for hydroxylation is 1. The third-order valence-electron chi connectivity index (χ3n) is 5.05. The lowest BCUT2D eigenvalue weighted by Crippen LogP contribution is -2.26. The van der Waals surface area contributed by atoms with Gasteiger partial charge in [-0.05, 0) is 67.6 Å². The Kier molecular flexibility index (Phi) is 7.10. The van der Waals surface area contributed by atoms with Crippen LogP contribution in [0.1, 0.15) is 25.0 Å². The number of rotatable bonds is 9. The Morgan fingerprint density at radius 3 is 2.48 bits per heavy atom. The normalized spacial score (nSPS) is 10.9. The molecule has 0 aliphatic heterocycles. The molecular formula is C25H24ClN3O4. The smallest absolute Gasteiger partial charge is 0.227 e. The summed E-state index contributed by atoms with van der Waals surface area (Å²) in [7, 11) is 1.74. The molecule has 0 unspecified atom stereocenters. The lowest BCUT2D eigenvalue weighted by molar-refractivity contribution is -0.130. The number of hydrogen-bond acceptors (Lipinski definition) is 6. The summed E-state index contributed by atoms with van der Waals surface area (Å²) in [4.78, 5) is 18.6. The van der Waals surface area contributed by atoms with Gasteiger partial charge in [0.05, 0.1) is 13.2 Å². The summed E-state index contributed by atoms with van der Waals surface area (Å²) >= 11 is 5.94. The van der Waals surface area contributed by atoms with Crippen molar-refractivity contribution in [2.45, 2.75) is 26.3 Å². The van der Waals surface area contributed by atoms with Crippen molar-refractivity contribution in [1.29, 1.82) is 0 Å². The molecular weight excluding hydrogens is 442 g/mol. The van der Waals surface area contributed by atoms with Gasteiger partial charge in [-0.1, -0.05) is 16.8 Å². The van der Waals surface area contributed by atoms with E-state index in [-0.39, 0.29) is 12.3 Å². The largest absolute Gasteiger partial charge is 0.494 e. The number of hydrogen-bond donors (Lipinski definition) is 0. The zero-order valence-electron chi connectivity index (χ0n) is 18.5. The Labute approximate surface area is 196 Å². The van der Waals surface area contributed by atoms with Crippen LogP contribution in [0, 0.1) is 0 Å². The van der Waals surface area contributed by atoms with Crippen LogP contribution in [-0.2, 0) is 17.8 Å². The number of halogens is 1. The van der Waals surface area contributed by atoms with E-state index in [9.17, 15) is 4.79 Å². The second-order valence-corrected chi connectivity index (χ2v) is 7.93. The number of nitrogens with zero attached hydrogens (tertiary/aromatic N) is 3. The molecule has 1 amide bonds. The third-order valence-corrected chi connectivity index (χ3v) is 5.31. The third kappa shape index (κ3) is 5.81. The Balaban J connectivity index is 1.29. The number of aromatic nitrogens is 2. The summed E-state index contributed by atoms with van der Waals surface area (Å²) in [6.45, 7) is 2.91. The Morgan fingerprint density at radius 2 is 1.76 bits per heavy atom. The van der Waals surface area contributed by atoms with Gasteiger partial charge in [-0.2, -0.15) is 4.98 Å². The molecule has 0 aliphatic rings. The van der Waals surface area contributed by atoms with Crippen LogP contribution >= 0.6 is 11.6 Å². The molecule has 4 rings (SSSR count). The Hall–Kier alpha value is -3.58. The van der Waals surface area contributed by atoms with E-state index in [1.807, 2.05) is 67.6 Å². The molecule has 0 aliphatic carbocycles. The van der Waals surface area contributed by atoms with E-state index < -0.39 is 0 Å². The average Bonchev–Trinajstić information content (AvgIpc) is 3.49. The highest BCUT2D eigenvalue weighted by molar-refractivity contribution is 6.30. The molecule has 2 aromatic heterocycles. The predicted molar refractivity (Wildman–Crippen MR) is 125 cm³/mol. The summed E-state index contributed by atoms with van der Waals surface area (Å²) in [5.74, 6) is 3.08. The topological polar surface area (TPSA) is 81.6 Å². The Morgan fingerprint density at radius 1 is 1.03 bits per heavy atom. The second kappa shape index (κ2) is 10.4. The lowest BCUT2D eigenvalue weighted by Gasteiger charge is -2.15. The van der Waals surface area contributed by atoms with Crippen molar-refractivity contribution in [3.05, 3.63) is 77.3 Å². The van der Waals surface area contributed by atoms with Gasteiger partial charge in [0.15, 0.2) is 0 Å². The maximum absolute atomic E-state index is 12.6. The first-order valence-corrected chi connectivity index (χ1v) is 11.0. The molecule has 8 heteroatoms. The fourth-order valence-corrected chi connectivity index (χ4v) is 3.43. The summed E-state index contributed by atoms with van der Waals surface area (Å²) < 4.78 is 16.6. The van der Waals surface area contributed by atoms with Gasteiger partial charge in [-0.3, -0.25) is 4.79 Å². The van der Waals surface area contributed by atoms with Gasteiger partial charge in [0.1, 0.15) is 17.3 Å². The number of ether oxygens (including phenoxy) is 1. The number of benzene rings is 2. The van der Waals surface area contributed by atoms with Crippen molar-refractivity contribution in [1.82, 2.24) is 15.0 Å². The summed E-state index contributed by atoms with van der Waals surface area (Å²) in [5, 5.41) is 4.68. The summed E-state index contributed by atoms with van der Waals surface area (Å²) in [5.41, 5.74) is 1.76. The molecule has 0 saturated heterocycles. The maximum atomic E-state index is 12.6. The van der Waals surface area contributed by atoms with E-state index in [1.54, 1.807) is 11.9 Å². The molecule has 2 heterocycles. The van der Waals surface area contributed by atoms with E-state index in [2.05, 4.69) is 10.1 Å². The van der Waals surface area contributed by atoms with Gasteiger partial charge in [-0.25, -0.2) is 0 Å². The van der Waals surface area contributed by atoms with Gasteiger partial charge in [-0.15, -0.1) is 0 Å². The minimum Gasteiger partial charge on any atom is -0.494 e. The zero-order valence-corrected chi connectivity index (χ0v) is 19.2. The zero-order chi connectivity index (χ0) is 23.2. The van der Waals surface area contributed by atoms with Crippen molar-refractivity contribution < 1.29 is 18.5 Å². The molecule has 0 radical (unpaired) electrons. The number of carbonyl (C=O) groups excluding carboxylic acids is 1. The van der Waals surface area contributed by atoms with Crippen LogP contribution in [0.3, 0.4) is 0 Å². The van der Waals surface area contributed by atoms with E-state index in [1.165, 1.54) is 0 Å². The standard InChI is InChI=1S/C25H24ClN3O4/c1-3-31-20-10-6-18(7-11-20)25-27-23(33-28-25)14-15-24(30)29(2)16-21-12-13-22(32-21)17-4-8-19(26)9-5-17/h4-13H,3,14-16H2,1-2H3. The van der Waals surface area contributed by atoms with Crippen molar-refractivity contribution in [2.75, 3.05) is 13.7 Å². The molecule has 33 heavy (non-hydrogen) atoms. The predicted octanol–water partition coefficient (Wildman–Crippen LogP) is 5.64. The van der Waals surface area contributed by atoms with Crippen LogP contribution in [0.5, 0.6) is 5.75 Å². The molecule has 7 nitrogen and oxygen atoms in total. The van der Waals surface area contributed by atoms with Crippen molar-refractivity contribution in [2.24, 2.45) is 0 Å². The highest BCUT2D eigenvalue weighted by atomic mass is 35.5. The van der Waals surface area contributed by atoms with Crippen LogP contribution in [0.15, 0.2) is 69.6 Å². The molecule has 4 aromatic rings. The van der Waals surface area contributed by atoms with E-state index in [0.717, 1.165) is 22.6 Å².